The zero-order valence-corrected chi connectivity index (χ0v) is 19.5. The molecule has 9 nitrogen and oxygen atoms in total. The number of amides is 2. The van der Waals surface area contributed by atoms with E-state index < -0.39 is 16.1 Å². The number of aryl methyl sites for hydroxylation is 1. The number of benzene rings is 2. The van der Waals surface area contributed by atoms with E-state index in [9.17, 15) is 13.2 Å². The van der Waals surface area contributed by atoms with Gasteiger partial charge in [0.25, 0.3) is 0 Å². The number of carbonyl (C=O) groups excluding carboxylic acids is 1. The van der Waals surface area contributed by atoms with Gasteiger partial charge in [0.2, 0.25) is 10.0 Å². The molecule has 0 spiro atoms. The lowest BCUT2D eigenvalue weighted by Crippen LogP contribution is -2.20. The van der Waals surface area contributed by atoms with Crippen LogP contribution < -0.4 is 15.4 Å². The molecule has 4 aromatic rings. The van der Waals surface area contributed by atoms with Crippen molar-refractivity contribution in [1.29, 1.82) is 0 Å². The van der Waals surface area contributed by atoms with Gasteiger partial charge in [-0.05, 0) is 68.1 Å². The Labute approximate surface area is 197 Å². The van der Waals surface area contributed by atoms with Crippen molar-refractivity contribution in [1.82, 2.24) is 19.5 Å². The van der Waals surface area contributed by atoms with Gasteiger partial charge >= 0.3 is 6.03 Å². The summed E-state index contributed by atoms with van der Waals surface area (Å²) in [6.07, 6.45) is 5.44. The topological polar surface area (TPSA) is 118 Å². The zero-order chi connectivity index (χ0) is 24.1. The number of aromatic nitrogens is 3. The van der Waals surface area contributed by atoms with Gasteiger partial charge in [-0.15, -0.1) is 0 Å². The molecule has 0 aliphatic heterocycles. The van der Waals surface area contributed by atoms with Gasteiger partial charge in [0, 0.05) is 47.6 Å². The average molecular weight is 477 g/mol. The van der Waals surface area contributed by atoms with Gasteiger partial charge in [0.1, 0.15) is 5.69 Å². The summed E-state index contributed by atoms with van der Waals surface area (Å²) in [5.74, 6) is 0. The van der Waals surface area contributed by atoms with Gasteiger partial charge in [-0.1, -0.05) is 12.1 Å². The monoisotopic (exact) mass is 476 g/mol. The van der Waals surface area contributed by atoms with Crippen molar-refractivity contribution in [2.45, 2.75) is 18.4 Å². The number of hydrogen-bond acceptors (Lipinski definition) is 5. The van der Waals surface area contributed by atoms with E-state index >= 15 is 0 Å². The van der Waals surface area contributed by atoms with E-state index in [0.717, 1.165) is 28.9 Å². The molecule has 2 amide bonds. The molecule has 4 rings (SSSR count). The Bertz CT molecular complexity index is 1400. The lowest BCUT2D eigenvalue weighted by molar-refractivity contribution is 0.262. The molecule has 3 N–H and O–H groups in total. The molecule has 0 aliphatic rings. The van der Waals surface area contributed by atoms with Crippen LogP contribution in [0.3, 0.4) is 0 Å². The maximum Gasteiger partial charge on any atom is 0.323 e. The van der Waals surface area contributed by atoms with Crippen LogP contribution in [-0.4, -0.2) is 36.3 Å². The molecule has 0 fully saturated rings. The van der Waals surface area contributed by atoms with Crippen molar-refractivity contribution in [3.05, 3.63) is 79.3 Å². The van der Waals surface area contributed by atoms with Crippen LogP contribution in [0.5, 0.6) is 0 Å². The molecular weight excluding hydrogens is 452 g/mol. The van der Waals surface area contributed by atoms with Crippen LogP contribution in [0.1, 0.15) is 6.92 Å². The molecule has 174 valence electrons. The summed E-state index contributed by atoms with van der Waals surface area (Å²) in [5.41, 5.74) is 4.71. The predicted molar refractivity (Wildman–Crippen MR) is 132 cm³/mol. The van der Waals surface area contributed by atoms with Crippen molar-refractivity contribution in [2.75, 3.05) is 17.7 Å². The minimum absolute atomic E-state index is 0.117. The van der Waals surface area contributed by atoms with Gasteiger partial charge < -0.3 is 10.6 Å². The quantitative estimate of drug-likeness (QED) is 0.370. The summed E-state index contributed by atoms with van der Waals surface area (Å²) in [6.45, 7) is 2.75. The molecule has 0 atom stereocenters. The fourth-order valence-electron chi connectivity index (χ4n) is 3.41. The maximum absolute atomic E-state index is 12.5. The molecule has 2 heterocycles. The van der Waals surface area contributed by atoms with Crippen LogP contribution >= 0.6 is 0 Å². The number of rotatable bonds is 7. The Morgan fingerprint density at radius 2 is 1.65 bits per heavy atom. The molecule has 0 saturated carbocycles. The Morgan fingerprint density at radius 3 is 2.32 bits per heavy atom. The SMILES string of the molecule is CCn1cc(-c2cccc(NC(=O)Nc3ccc(S(=O)(=O)NC)cc3)c2)c(-c2ccncc2)n1. The van der Waals surface area contributed by atoms with E-state index in [1.165, 1.54) is 31.3 Å². The number of nitrogens with zero attached hydrogens (tertiary/aromatic N) is 3. The first-order valence-corrected chi connectivity index (χ1v) is 12.1. The third kappa shape index (κ3) is 5.13. The van der Waals surface area contributed by atoms with Crippen molar-refractivity contribution in [2.24, 2.45) is 0 Å². The second-order valence-electron chi connectivity index (χ2n) is 7.37. The van der Waals surface area contributed by atoms with Crippen LogP contribution in [0.4, 0.5) is 16.2 Å². The third-order valence-electron chi connectivity index (χ3n) is 5.16. The van der Waals surface area contributed by atoms with Crippen LogP contribution in [0, 0.1) is 0 Å². The standard InChI is InChI=1S/C24H24N6O3S/c1-3-30-16-22(23(29-30)17-11-13-26-14-12-17)18-5-4-6-20(15-18)28-24(31)27-19-7-9-21(10-8-19)34(32,33)25-2/h4-16,25H,3H2,1-2H3,(H2,27,28,31). The smallest absolute Gasteiger partial charge is 0.308 e. The maximum atomic E-state index is 12.5. The summed E-state index contributed by atoms with van der Waals surface area (Å²) in [4.78, 5) is 16.7. The Kier molecular flexibility index (Phi) is 6.71. The van der Waals surface area contributed by atoms with Crippen LogP contribution in [0.15, 0.2) is 84.1 Å². The number of nitrogens with one attached hydrogen (secondary N) is 3. The first-order valence-electron chi connectivity index (χ1n) is 10.6. The molecule has 0 radical (unpaired) electrons. The predicted octanol–water partition coefficient (Wildman–Crippen LogP) is 4.18. The Balaban J connectivity index is 1.53. The van der Waals surface area contributed by atoms with E-state index in [1.54, 1.807) is 18.5 Å². The van der Waals surface area contributed by atoms with Crippen LogP contribution in [0.2, 0.25) is 0 Å². The molecule has 0 unspecified atom stereocenters. The first-order chi connectivity index (χ1) is 16.4. The van der Waals surface area contributed by atoms with Crippen molar-refractivity contribution < 1.29 is 13.2 Å². The highest BCUT2D eigenvalue weighted by Gasteiger charge is 2.14. The van der Waals surface area contributed by atoms with Crippen molar-refractivity contribution in [3.63, 3.8) is 0 Å². The first kappa shape index (κ1) is 23.1. The highest BCUT2D eigenvalue weighted by atomic mass is 32.2. The summed E-state index contributed by atoms with van der Waals surface area (Å²) in [5, 5.41) is 10.2. The highest BCUT2D eigenvalue weighted by Crippen LogP contribution is 2.32. The second-order valence-corrected chi connectivity index (χ2v) is 9.26. The number of urea groups is 1. The fourth-order valence-corrected chi connectivity index (χ4v) is 4.14. The minimum atomic E-state index is -3.54. The van der Waals surface area contributed by atoms with Crippen molar-refractivity contribution in [3.8, 4) is 22.4 Å². The van der Waals surface area contributed by atoms with E-state index in [2.05, 4.69) is 20.3 Å². The van der Waals surface area contributed by atoms with E-state index in [4.69, 9.17) is 5.10 Å². The van der Waals surface area contributed by atoms with Gasteiger partial charge in [-0.2, -0.15) is 5.10 Å². The Morgan fingerprint density at radius 1 is 0.941 bits per heavy atom. The minimum Gasteiger partial charge on any atom is -0.308 e. The zero-order valence-electron chi connectivity index (χ0n) is 18.7. The van der Waals surface area contributed by atoms with Gasteiger partial charge in [-0.3, -0.25) is 9.67 Å². The lowest BCUT2D eigenvalue weighted by atomic mass is 10.0. The molecule has 34 heavy (non-hydrogen) atoms. The highest BCUT2D eigenvalue weighted by molar-refractivity contribution is 7.89. The molecule has 2 aromatic heterocycles. The van der Waals surface area contributed by atoms with Crippen molar-refractivity contribution >= 4 is 27.4 Å². The molecule has 0 bridgehead atoms. The number of pyridine rings is 1. The molecule has 0 saturated heterocycles. The van der Waals surface area contributed by atoms with Crippen LogP contribution in [0.25, 0.3) is 22.4 Å². The van der Waals surface area contributed by atoms with E-state index in [0.29, 0.717) is 11.4 Å². The average Bonchev–Trinajstić information content (AvgIpc) is 3.30. The molecule has 0 aliphatic carbocycles. The lowest BCUT2D eigenvalue weighted by Gasteiger charge is -2.10. The molecule has 2 aromatic carbocycles. The normalized spacial score (nSPS) is 11.2. The van der Waals surface area contributed by atoms with Gasteiger partial charge in [-0.25, -0.2) is 17.9 Å². The van der Waals surface area contributed by atoms with Gasteiger partial charge in [0.05, 0.1) is 4.90 Å². The Hall–Kier alpha value is -4.02. The summed E-state index contributed by atoms with van der Waals surface area (Å²) < 4.78 is 27.8. The number of hydrogen-bond donors (Lipinski definition) is 3. The van der Waals surface area contributed by atoms with E-state index in [1.807, 2.05) is 48.1 Å². The van der Waals surface area contributed by atoms with Gasteiger partial charge in [0.15, 0.2) is 0 Å². The molecular formula is C24H24N6O3S. The van der Waals surface area contributed by atoms with Crippen LogP contribution in [-0.2, 0) is 16.6 Å². The fraction of sp³-hybridized carbons (Fsp3) is 0.125. The third-order valence-corrected chi connectivity index (χ3v) is 6.59. The summed E-state index contributed by atoms with van der Waals surface area (Å²) >= 11 is 0. The number of carbonyl (C=O) groups is 1. The summed E-state index contributed by atoms with van der Waals surface area (Å²) in [7, 11) is -2.19. The number of sulfonamides is 1. The molecule has 10 heteroatoms. The van der Waals surface area contributed by atoms with E-state index in [-0.39, 0.29) is 4.90 Å². The second kappa shape index (κ2) is 9.86. The summed E-state index contributed by atoms with van der Waals surface area (Å²) in [6, 6.07) is 16.8. The largest absolute Gasteiger partial charge is 0.323 e. The number of anilines is 2.